The first-order valence-electron chi connectivity index (χ1n) is 12.6. The lowest BCUT2D eigenvalue weighted by molar-refractivity contribution is -0.144. The molecule has 0 aliphatic rings. The molecule has 6 heteroatoms. The zero-order valence-electron chi connectivity index (χ0n) is 21.6. The molecule has 0 saturated carbocycles. The second-order valence-electron chi connectivity index (χ2n) is 8.66. The van der Waals surface area contributed by atoms with Crippen LogP contribution in [0.4, 0.5) is 10.5 Å². The van der Waals surface area contributed by atoms with E-state index in [1.165, 1.54) is 4.90 Å². The van der Waals surface area contributed by atoms with Crippen LogP contribution in [0, 0.1) is 0 Å². The topological polar surface area (TPSA) is 65.1 Å². The van der Waals surface area contributed by atoms with Crippen molar-refractivity contribution >= 4 is 17.7 Å². The van der Waals surface area contributed by atoms with E-state index < -0.39 is 18.1 Å². The van der Waals surface area contributed by atoms with E-state index in [9.17, 15) is 9.59 Å². The standard InChI is InChI=1S/C32H31NO5/c1-3-36-31(34)24(2)33(32(35)38-23-26-15-8-5-9-16-26)30-20-11-10-19-29(30)27-17-12-18-28(21-27)37-22-25-13-6-4-7-14-25/h4-21,24H,3,22-23H2,1-2H3/t24-/m0/s1. The molecule has 194 valence electrons. The number of para-hydroxylation sites is 1. The van der Waals surface area contributed by atoms with Gasteiger partial charge in [-0.15, -0.1) is 0 Å². The summed E-state index contributed by atoms with van der Waals surface area (Å²) >= 11 is 0. The predicted molar refractivity (Wildman–Crippen MR) is 148 cm³/mol. The summed E-state index contributed by atoms with van der Waals surface area (Å²) in [6.07, 6.45) is -0.640. The zero-order valence-corrected chi connectivity index (χ0v) is 21.6. The molecule has 0 N–H and O–H groups in total. The first kappa shape index (κ1) is 26.5. The summed E-state index contributed by atoms with van der Waals surface area (Å²) < 4.78 is 16.9. The predicted octanol–water partition coefficient (Wildman–Crippen LogP) is 7.03. The lowest BCUT2D eigenvalue weighted by Gasteiger charge is -2.29. The molecule has 0 heterocycles. The van der Waals surface area contributed by atoms with Gasteiger partial charge < -0.3 is 14.2 Å². The third-order valence-corrected chi connectivity index (χ3v) is 5.97. The van der Waals surface area contributed by atoms with Gasteiger partial charge in [0, 0.05) is 5.56 Å². The van der Waals surface area contributed by atoms with Crippen LogP contribution in [0.2, 0.25) is 0 Å². The molecule has 0 spiro atoms. The molecule has 1 atom stereocenters. The van der Waals surface area contributed by atoms with E-state index in [2.05, 4.69) is 0 Å². The van der Waals surface area contributed by atoms with E-state index >= 15 is 0 Å². The fraction of sp³-hybridized carbons (Fsp3) is 0.188. The summed E-state index contributed by atoms with van der Waals surface area (Å²) in [6.45, 7) is 4.09. The van der Waals surface area contributed by atoms with Gasteiger partial charge in [0.25, 0.3) is 0 Å². The van der Waals surface area contributed by atoms with E-state index in [0.717, 1.165) is 22.3 Å². The zero-order chi connectivity index (χ0) is 26.7. The Morgan fingerprint density at radius 3 is 2.05 bits per heavy atom. The molecule has 0 aliphatic carbocycles. The van der Waals surface area contributed by atoms with E-state index in [0.29, 0.717) is 18.0 Å². The number of carbonyl (C=O) groups excluding carboxylic acids is 2. The molecule has 0 radical (unpaired) electrons. The third-order valence-electron chi connectivity index (χ3n) is 5.97. The van der Waals surface area contributed by atoms with Gasteiger partial charge in [-0.1, -0.05) is 91.0 Å². The minimum Gasteiger partial charge on any atom is -0.489 e. The van der Waals surface area contributed by atoms with Crippen LogP contribution in [0.3, 0.4) is 0 Å². The Morgan fingerprint density at radius 1 is 0.737 bits per heavy atom. The van der Waals surface area contributed by atoms with Gasteiger partial charge in [-0.2, -0.15) is 0 Å². The molecular formula is C32H31NO5. The van der Waals surface area contributed by atoms with Crippen LogP contribution in [0.25, 0.3) is 11.1 Å². The van der Waals surface area contributed by atoms with E-state index in [1.807, 2.05) is 103 Å². The average molecular weight is 510 g/mol. The summed E-state index contributed by atoms with van der Waals surface area (Å²) in [5.41, 5.74) is 4.04. The van der Waals surface area contributed by atoms with Crippen molar-refractivity contribution in [1.29, 1.82) is 0 Å². The van der Waals surface area contributed by atoms with E-state index in [4.69, 9.17) is 14.2 Å². The number of carbonyl (C=O) groups is 2. The number of benzene rings is 4. The number of nitrogens with zero attached hydrogens (tertiary/aromatic N) is 1. The maximum absolute atomic E-state index is 13.4. The lowest BCUT2D eigenvalue weighted by atomic mass is 10.0. The quantitative estimate of drug-likeness (QED) is 0.215. The summed E-state index contributed by atoms with van der Waals surface area (Å²) in [4.78, 5) is 27.6. The molecule has 0 unspecified atom stereocenters. The molecule has 0 bridgehead atoms. The smallest absolute Gasteiger partial charge is 0.415 e. The highest BCUT2D eigenvalue weighted by Crippen LogP contribution is 2.34. The molecule has 4 rings (SSSR count). The van der Waals surface area contributed by atoms with Crippen molar-refractivity contribution < 1.29 is 23.8 Å². The average Bonchev–Trinajstić information content (AvgIpc) is 2.97. The van der Waals surface area contributed by atoms with Crippen LogP contribution in [0.15, 0.2) is 109 Å². The van der Waals surface area contributed by atoms with Gasteiger partial charge in [-0.25, -0.2) is 9.59 Å². The summed E-state index contributed by atoms with van der Waals surface area (Å²) in [6, 6.07) is 33.5. The molecule has 0 saturated heterocycles. The van der Waals surface area contributed by atoms with Crippen LogP contribution in [-0.2, 0) is 27.5 Å². The van der Waals surface area contributed by atoms with Gasteiger partial charge in [-0.3, -0.25) is 4.90 Å². The largest absolute Gasteiger partial charge is 0.489 e. The third kappa shape index (κ3) is 6.79. The molecule has 0 aliphatic heterocycles. The number of amides is 1. The molecule has 0 aromatic heterocycles. The molecule has 6 nitrogen and oxygen atoms in total. The number of ether oxygens (including phenoxy) is 3. The molecule has 1 amide bonds. The van der Waals surface area contributed by atoms with Gasteiger partial charge in [0.15, 0.2) is 0 Å². The van der Waals surface area contributed by atoms with Gasteiger partial charge in [0.1, 0.15) is 25.0 Å². The van der Waals surface area contributed by atoms with Crippen LogP contribution in [0.1, 0.15) is 25.0 Å². The lowest BCUT2D eigenvalue weighted by Crippen LogP contribution is -2.45. The van der Waals surface area contributed by atoms with Crippen LogP contribution < -0.4 is 9.64 Å². The number of rotatable bonds is 10. The summed E-state index contributed by atoms with van der Waals surface area (Å²) in [5, 5.41) is 0. The normalized spacial score (nSPS) is 11.3. The molecular weight excluding hydrogens is 478 g/mol. The van der Waals surface area contributed by atoms with Crippen molar-refractivity contribution in [3.63, 3.8) is 0 Å². The van der Waals surface area contributed by atoms with Crippen molar-refractivity contribution in [3.8, 4) is 16.9 Å². The maximum atomic E-state index is 13.4. The highest BCUT2D eigenvalue weighted by molar-refractivity contribution is 5.99. The van der Waals surface area contributed by atoms with Gasteiger partial charge in [0.2, 0.25) is 0 Å². The SMILES string of the molecule is CCOC(=O)[C@H](C)N(C(=O)OCc1ccccc1)c1ccccc1-c1cccc(OCc2ccccc2)c1. The highest BCUT2D eigenvalue weighted by Gasteiger charge is 2.31. The van der Waals surface area contributed by atoms with Crippen LogP contribution in [0.5, 0.6) is 5.75 Å². The van der Waals surface area contributed by atoms with Crippen molar-refractivity contribution in [2.75, 3.05) is 11.5 Å². The van der Waals surface area contributed by atoms with Gasteiger partial charge in [0.05, 0.1) is 12.3 Å². The molecule has 4 aromatic carbocycles. The Kier molecular flexibility index (Phi) is 9.13. The van der Waals surface area contributed by atoms with Gasteiger partial charge in [-0.05, 0) is 48.7 Å². The van der Waals surface area contributed by atoms with E-state index in [-0.39, 0.29) is 13.2 Å². The monoisotopic (exact) mass is 509 g/mol. The number of hydrogen-bond donors (Lipinski definition) is 0. The molecule has 4 aromatic rings. The number of anilines is 1. The Bertz CT molecular complexity index is 1340. The summed E-state index contributed by atoms with van der Waals surface area (Å²) in [7, 11) is 0. The Balaban J connectivity index is 1.64. The first-order valence-corrected chi connectivity index (χ1v) is 12.6. The Hall–Kier alpha value is -4.58. The van der Waals surface area contributed by atoms with Crippen LogP contribution in [-0.4, -0.2) is 24.7 Å². The van der Waals surface area contributed by atoms with E-state index in [1.54, 1.807) is 19.9 Å². The molecule has 0 fully saturated rings. The first-order chi connectivity index (χ1) is 18.6. The van der Waals surface area contributed by atoms with Crippen LogP contribution >= 0.6 is 0 Å². The Labute approximate surface area is 223 Å². The minimum atomic E-state index is -0.906. The van der Waals surface area contributed by atoms with Crippen molar-refractivity contribution in [2.24, 2.45) is 0 Å². The fourth-order valence-corrected chi connectivity index (χ4v) is 4.04. The number of hydrogen-bond acceptors (Lipinski definition) is 5. The highest BCUT2D eigenvalue weighted by atomic mass is 16.6. The van der Waals surface area contributed by atoms with Crippen molar-refractivity contribution in [2.45, 2.75) is 33.1 Å². The fourth-order valence-electron chi connectivity index (χ4n) is 4.04. The number of esters is 1. The minimum absolute atomic E-state index is 0.0801. The van der Waals surface area contributed by atoms with Crippen molar-refractivity contribution in [3.05, 3.63) is 120 Å². The molecule has 38 heavy (non-hydrogen) atoms. The second-order valence-corrected chi connectivity index (χ2v) is 8.66. The summed E-state index contributed by atoms with van der Waals surface area (Å²) in [5.74, 6) is 0.178. The van der Waals surface area contributed by atoms with Crippen molar-refractivity contribution in [1.82, 2.24) is 0 Å². The second kappa shape index (κ2) is 13.1. The Morgan fingerprint density at radius 2 is 1.37 bits per heavy atom. The van der Waals surface area contributed by atoms with Gasteiger partial charge >= 0.3 is 12.1 Å². The maximum Gasteiger partial charge on any atom is 0.415 e.